The van der Waals surface area contributed by atoms with Crippen molar-refractivity contribution < 1.29 is 23.2 Å². The largest absolute Gasteiger partial charge is 0.480 e. The van der Waals surface area contributed by atoms with Crippen LogP contribution in [0.5, 0.6) is 0 Å². The van der Waals surface area contributed by atoms with Gasteiger partial charge in [0.1, 0.15) is 6.54 Å². The van der Waals surface area contributed by atoms with Gasteiger partial charge >= 0.3 is 5.97 Å². The number of benzene rings is 3. The van der Waals surface area contributed by atoms with Crippen molar-refractivity contribution in [1.82, 2.24) is 0 Å². The SMILES string of the molecule is O=C(O)CN(c1ccc2ccccc2c1)S(=O)(=O)c1cccc([N+](=O)[O-])c1. The lowest BCUT2D eigenvalue weighted by molar-refractivity contribution is -0.385. The number of rotatable bonds is 6. The van der Waals surface area contributed by atoms with Crippen molar-refractivity contribution in [2.45, 2.75) is 4.90 Å². The van der Waals surface area contributed by atoms with Gasteiger partial charge in [0.2, 0.25) is 0 Å². The molecule has 0 atom stereocenters. The molecule has 27 heavy (non-hydrogen) atoms. The van der Waals surface area contributed by atoms with Gasteiger partial charge in [-0.3, -0.25) is 19.2 Å². The number of fused-ring (bicyclic) bond motifs is 1. The monoisotopic (exact) mass is 386 g/mol. The molecule has 0 aromatic heterocycles. The third kappa shape index (κ3) is 3.72. The van der Waals surface area contributed by atoms with Crippen molar-refractivity contribution in [3.05, 3.63) is 76.8 Å². The van der Waals surface area contributed by atoms with Crippen LogP contribution in [-0.4, -0.2) is 31.0 Å². The van der Waals surface area contributed by atoms with E-state index in [4.69, 9.17) is 0 Å². The molecule has 0 aliphatic rings. The van der Waals surface area contributed by atoms with Crippen LogP contribution >= 0.6 is 0 Å². The Morgan fingerprint density at radius 3 is 2.37 bits per heavy atom. The third-order valence-electron chi connectivity index (χ3n) is 3.92. The minimum Gasteiger partial charge on any atom is -0.480 e. The van der Waals surface area contributed by atoms with Gasteiger partial charge in [0, 0.05) is 12.1 Å². The van der Waals surface area contributed by atoms with Gasteiger partial charge in [-0.05, 0) is 29.0 Å². The molecule has 0 fully saturated rings. The zero-order valence-corrected chi connectivity index (χ0v) is 14.7. The summed E-state index contributed by atoms with van der Waals surface area (Å²) in [6, 6.07) is 16.5. The lowest BCUT2D eigenvalue weighted by Crippen LogP contribution is -2.35. The second kappa shape index (κ2) is 7.04. The number of aliphatic carboxylic acids is 1. The van der Waals surface area contributed by atoms with Crippen LogP contribution < -0.4 is 4.31 Å². The van der Waals surface area contributed by atoms with Crippen molar-refractivity contribution in [3.8, 4) is 0 Å². The summed E-state index contributed by atoms with van der Waals surface area (Å²) >= 11 is 0. The van der Waals surface area contributed by atoms with E-state index >= 15 is 0 Å². The smallest absolute Gasteiger partial charge is 0.324 e. The molecule has 3 rings (SSSR count). The Morgan fingerprint density at radius 1 is 1.00 bits per heavy atom. The summed E-state index contributed by atoms with van der Waals surface area (Å²) in [5.41, 5.74) is -0.243. The molecular weight excluding hydrogens is 372 g/mol. The Kier molecular flexibility index (Phi) is 4.78. The first-order valence-corrected chi connectivity index (χ1v) is 9.21. The molecule has 138 valence electrons. The maximum atomic E-state index is 13.0. The molecule has 8 nitrogen and oxygen atoms in total. The summed E-state index contributed by atoms with van der Waals surface area (Å²) in [6.07, 6.45) is 0. The average molecular weight is 386 g/mol. The highest BCUT2D eigenvalue weighted by atomic mass is 32.2. The molecular formula is C18H14N2O6S. The highest BCUT2D eigenvalue weighted by Gasteiger charge is 2.28. The number of carbonyl (C=O) groups is 1. The molecule has 0 saturated heterocycles. The van der Waals surface area contributed by atoms with Crippen LogP contribution in [0.2, 0.25) is 0 Å². The minimum atomic E-state index is -4.33. The van der Waals surface area contributed by atoms with Gasteiger partial charge in [-0.1, -0.05) is 36.4 Å². The van der Waals surface area contributed by atoms with Gasteiger partial charge in [-0.25, -0.2) is 8.42 Å². The van der Waals surface area contributed by atoms with Gasteiger partial charge in [0.25, 0.3) is 15.7 Å². The first-order chi connectivity index (χ1) is 12.8. The van der Waals surface area contributed by atoms with Crippen LogP contribution in [0, 0.1) is 10.1 Å². The number of non-ortho nitro benzene ring substituents is 1. The van der Waals surface area contributed by atoms with Crippen LogP contribution in [0.3, 0.4) is 0 Å². The van der Waals surface area contributed by atoms with E-state index in [2.05, 4.69) is 0 Å². The van der Waals surface area contributed by atoms with E-state index in [0.29, 0.717) is 0 Å². The topological polar surface area (TPSA) is 118 Å². The standard InChI is InChI=1S/C18H14N2O6S/c21-18(22)12-19(15-9-8-13-4-1-2-5-14(13)10-15)27(25,26)17-7-3-6-16(11-17)20(23)24/h1-11H,12H2,(H,21,22). The van der Waals surface area contributed by atoms with E-state index in [1.54, 1.807) is 24.3 Å². The van der Waals surface area contributed by atoms with Gasteiger partial charge in [0.15, 0.2) is 0 Å². The van der Waals surface area contributed by atoms with Crippen LogP contribution in [-0.2, 0) is 14.8 Å². The first kappa shape index (κ1) is 18.3. The zero-order valence-electron chi connectivity index (χ0n) is 13.8. The maximum Gasteiger partial charge on any atom is 0.324 e. The number of anilines is 1. The normalized spacial score (nSPS) is 11.3. The van der Waals surface area contributed by atoms with E-state index in [9.17, 15) is 28.4 Å². The summed E-state index contributed by atoms with van der Waals surface area (Å²) in [4.78, 5) is 21.2. The first-order valence-electron chi connectivity index (χ1n) is 7.77. The molecule has 0 spiro atoms. The minimum absolute atomic E-state index is 0.155. The molecule has 0 bridgehead atoms. The molecule has 0 unspecified atom stereocenters. The number of nitro benzene ring substituents is 1. The van der Waals surface area contributed by atoms with E-state index in [1.165, 1.54) is 18.2 Å². The Morgan fingerprint density at radius 2 is 1.70 bits per heavy atom. The lowest BCUT2D eigenvalue weighted by atomic mass is 10.1. The number of hydrogen-bond acceptors (Lipinski definition) is 5. The van der Waals surface area contributed by atoms with Crippen LogP contribution in [0.4, 0.5) is 11.4 Å². The van der Waals surface area contributed by atoms with Crippen molar-refractivity contribution in [2.75, 3.05) is 10.8 Å². The van der Waals surface area contributed by atoms with Crippen molar-refractivity contribution in [2.24, 2.45) is 0 Å². The highest BCUT2D eigenvalue weighted by Crippen LogP contribution is 2.28. The number of carboxylic acid groups (broad SMARTS) is 1. The number of nitrogens with zero attached hydrogens (tertiary/aromatic N) is 2. The summed E-state index contributed by atoms with van der Waals surface area (Å²) in [6.45, 7) is -0.816. The molecule has 3 aromatic carbocycles. The average Bonchev–Trinajstić information content (AvgIpc) is 2.65. The third-order valence-corrected chi connectivity index (χ3v) is 5.69. The Labute approximate surface area is 154 Å². The highest BCUT2D eigenvalue weighted by molar-refractivity contribution is 7.92. The maximum absolute atomic E-state index is 13.0. The zero-order chi connectivity index (χ0) is 19.6. The number of nitro groups is 1. The Bertz CT molecular complexity index is 1140. The van der Waals surface area contributed by atoms with Crippen molar-refractivity contribution >= 4 is 38.1 Å². The van der Waals surface area contributed by atoms with E-state index in [-0.39, 0.29) is 10.6 Å². The fourth-order valence-corrected chi connectivity index (χ4v) is 4.10. The van der Waals surface area contributed by atoms with Gasteiger partial charge in [0.05, 0.1) is 15.5 Å². The second-order valence-corrected chi connectivity index (χ2v) is 7.55. The molecule has 0 heterocycles. The predicted octanol–water partition coefficient (Wildman–Crippen LogP) is 3.03. The molecule has 0 amide bonds. The molecule has 9 heteroatoms. The summed E-state index contributed by atoms with van der Waals surface area (Å²) < 4.78 is 26.8. The van der Waals surface area contributed by atoms with E-state index < -0.39 is 33.1 Å². The van der Waals surface area contributed by atoms with E-state index in [0.717, 1.165) is 27.2 Å². The lowest BCUT2D eigenvalue weighted by Gasteiger charge is -2.23. The predicted molar refractivity (Wildman–Crippen MR) is 99.2 cm³/mol. The van der Waals surface area contributed by atoms with Crippen LogP contribution in [0.1, 0.15) is 0 Å². The number of hydrogen-bond donors (Lipinski definition) is 1. The van der Waals surface area contributed by atoms with Crippen molar-refractivity contribution in [3.63, 3.8) is 0 Å². The molecule has 1 N–H and O–H groups in total. The molecule has 3 aromatic rings. The Balaban J connectivity index is 2.14. The molecule has 0 aliphatic heterocycles. The number of carboxylic acids is 1. The van der Waals surface area contributed by atoms with Crippen molar-refractivity contribution in [1.29, 1.82) is 0 Å². The Hall–Kier alpha value is -3.46. The molecule has 0 radical (unpaired) electrons. The quantitative estimate of drug-likeness (QED) is 0.514. The van der Waals surface area contributed by atoms with Gasteiger partial charge in [-0.15, -0.1) is 0 Å². The van der Waals surface area contributed by atoms with Crippen LogP contribution in [0.15, 0.2) is 71.6 Å². The summed E-state index contributed by atoms with van der Waals surface area (Å²) in [5.74, 6) is -1.35. The fraction of sp³-hybridized carbons (Fsp3) is 0.0556. The fourth-order valence-electron chi connectivity index (χ4n) is 2.65. The molecule has 0 saturated carbocycles. The van der Waals surface area contributed by atoms with Crippen LogP contribution in [0.25, 0.3) is 10.8 Å². The summed E-state index contributed by atoms with van der Waals surface area (Å²) in [5, 5.41) is 21.7. The van der Waals surface area contributed by atoms with Gasteiger partial charge < -0.3 is 5.11 Å². The van der Waals surface area contributed by atoms with Gasteiger partial charge in [-0.2, -0.15) is 0 Å². The second-order valence-electron chi connectivity index (χ2n) is 5.69. The number of sulfonamides is 1. The summed E-state index contributed by atoms with van der Waals surface area (Å²) in [7, 11) is -4.33. The van der Waals surface area contributed by atoms with E-state index in [1.807, 2.05) is 12.1 Å². The molecule has 0 aliphatic carbocycles.